The van der Waals surface area contributed by atoms with Crippen LogP contribution in [0.1, 0.15) is 57.8 Å². The summed E-state index contributed by atoms with van der Waals surface area (Å²) in [4.78, 5) is 20.4. The summed E-state index contributed by atoms with van der Waals surface area (Å²) in [6.07, 6.45) is 7.75. The van der Waals surface area contributed by atoms with Gasteiger partial charge >= 0.3 is 21.1 Å². The molecule has 126 valence electrons. The summed E-state index contributed by atoms with van der Waals surface area (Å²) in [6.45, 7) is 0. The first kappa shape index (κ1) is 19.6. The fraction of sp³-hybridized carbons (Fsp3) is 0.867. The van der Waals surface area contributed by atoms with E-state index in [1.807, 2.05) is 0 Å². The van der Waals surface area contributed by atoms with Gasteiger partial charge in [-0.1, -0.05) is 50.4 Å². The Hall–Kier alpha value is -0.452. The van der Waals surface area contributed by atoms with E-state index in [-0.39, 0.29) is 51.4 Å². The van der Waals surface area contributed by atoms with Gasteiger partial charge in [0.1, 0.15) is 0 Å². The minimum absolute atomic E-state index is 0. The van der Waals surface area contributed by atoms with E-state index in [1.54, 1.807) is 0 Å². The van der Waals surface area contributed by atoms with Crippen molar-refractivity contribution in [2.24, 2.45) is 10.8 Å². The van der Waals surface area contributed by atoms with Crippen LogP contribution in [-0.4, -0.2) is 24.0 Å². The zero-order chi connectivity index (χ0) is 15.7. The Morgan fingerprint density at radius 3 is 1.36 bits per heavy atom. The molecule has 0 aromatic heterocycles. The second kappa shape index (κ2) is 7.41. The van der Waals surface area contributed by atoms with E-state index in [1.165, 1.54) is 12.8 Å². The molecule has 0 aromatic carbocycles. The Morgan fingerprint density at radius 2 is 1.23 bits per heavy atom. The van der Waals surface area contributed by atoms with Crippen molar-refractivity contribution in [3.05, 3.63) is 11.5 Å². The van der Waals surface area contributed by atoms with Gasteiger partial charge in [-0.15, -0.1) is 12.1 Å². The van der Waals surface area contributed by atoms with Gasteiger partial charge in [0.25, 0.3) is 0 Å². The molecule has 3 aliphatic rings. The monoisotopic (exact) mass is 489 g/mol. The number of hydrogen-bond acceptors (Lipinski definition) is 4. The van der Waals surface area contributed by atoms with E-state index in [0.717, 1.165) is 25.7 Å². The van der Waals surface area contributed by atoms with Crippen molar-refractivity contribution >= 4 is 11.9 Å². The van der Waals surface area contributed by atoms with Crippen LogP contribution >= 0.6 is 0 Å². The fourth-order valence-electron chi connectivity index (χ4n) is 3.93. The summed E-state index contributed by atoms with van der Waals surface area (Å²) in [5.74, 6) is -3.03. The minimum Gasteiger partial charge on any atom is -0.674 e. The number of carboxylic acids is 2. The van der Waals surface area contributed by atoms with Crippen LogP contribution < -0.4 is 10.2 Å². The normalized spacial score (nSPS) is 30.6. The van der Waals surface area contributed by atoms with Crippen molar-refractivity contribution in [2.75, 3.05) is 0 Å². The summed E-state index contributed by atoms with van der Waals surface area (Å²) in [5, 5.41) is 20.4. The molecule has 0 bridgehead atoms. The number of hydrogen-bond donors (Lipinski definition) is 0. The predicted octanol–water partition coefficient (Wildman–Crippen LogP) is 0.836. The van der Waals surface area contributed by atoms with Gasteiger partial charge in [-0.05, 0) is 12.8 Å². The molecule has 0 heterocycles. The third-order valence-electron chi connectivity index (χ3n) is 5.65. The third kappa shape index (κ3) is 3.24. The summed E-state index contributed by atoms with van der Waals surface area (Å²) in [5.41, 5.74) is 14.2. The predicted molar refractivity (Wildman–Crippen MR) is 72.7 cm³/mol. The van der Waals surface area contributed by atoms with Gasteiger partial charge in [0, 0.05) is 5.41 Å². The summed E-state index contributed by atoms with van der Waals surface area (Å²) in [7, 11) is 0. The topological polar surface area (TPSA) is 128 Å². The molecule has 3 saturated carbocycles. The van der Waals surface area contributed by atoms with Crippen LogP contribution in [0, 0.1) is 10.8 Å². The average Bonchev–Trinajstić information content (AvgIpc) is 2.87. The molecule has 0 aromatic rings. The first-order chi connectivity index (χ1) is 9.85. The molecule has 2 atom stereocenters. The first-order valence-electron chi connectivity index (χ1n) is 7.70. The zero-order valence-corrected chi connectivity index (χ0v) is 14.7. The van der Waals surface area contributed by atoms with E-state index in [9.17, 15) is 19.8 Å². The second-order valence-electron chi connectivity index (χ2n) is 6.63. The van der Waals surface area contributed by atoms with Crippen molar-refractivity contribution in [3.63, 3.8) is 0 Å². The van der Waals surface area contributed by atoms with Gasteiger partial charge in [-0.2, -0.15) is 0 Å². The molecular weight excluding hydrogens is 467 g/mol. The molecular formula is C15H22N2O4Pt. The van der Waals surface area contributed by atoms with Gasteiger partial charge in [-0.25, -0.2) is 0 Å². The standard InChI is InChI=1S/C9H16N2.C6H8O4.Pt/c10-7-3-1-5-9(7)6-2-4-8(9)11;7-4(8)6(5(9)10)2-1-3-6;/h7-8,10-11H,1-6H2;1-3H2,(H,7,8)(H,9,10);/q-2;;+4/p-2/t7-,8-,9?;;/m1../s1. The van der Waals surface area contributed by atoms with Crippen molar-refractivity contribution in [3.8, 4) is 0 Å². The van der Waals surface area contributed by atoms with Crippen LogP contribution in [0.4, 0.5) is 0 Å². The van der Waals surface area contributed by atoms with Crippen molar-refractivity contribution in [1.82, 2.24) is 0 Å². The Labute approximate surface area is 145 Å². The largest absolute Gasteiger partial charge is 4.00 e. The van der Waals surface area contributed by atoms with Gasteiger partial charge in [0.05, 0.1) is 11.9 Å². The summed E-state index contributed by atoms with van der Waals surface area (Å²) >= 11 is 0. The summed E-state index contributed by atoms with van der Waals surface area (Å²) < 4.78 is 0. The Morgan fingerprint density at radius 1 is 0.818 bits per heavy atom. The van der Waals surface area contributed by atoms with E-state index >= 15 is 0 Å². The molecule has 0 aliphatic heterocycles. The van der Waals surface area contributed by atoms with Crippen LogP contribution in [0.5, 0.6) is 0 Å². The number of rotatable bonds is 2. The molecule has 7 heteroatoms. The molecule has 0 amide bonds. The van der Waals surface area contributed by atoms with Crippen LogP contribution in [-0.2, 0) is 30.7 Å². The van der Waals surface area contributed by atoms with Crippen LogP contribution in [0.15, 0.2) is 0 Å². The van der Waals surface area contributed by atoms with Crippen LogP contribution in [0.3, 0.4) is 0 Å². The molecule has 3 fully saturated rings. The number of carboxylic acid groups (broad SMARTS) is 2. The Balaban J connectivity index is 0.000000212. The average molecular weight is 489 g/mol. The van der Waals surface area contributed by atoms with Gasteiger partial charge in [-0.3, -0.25) is 0 Å². The molecule has 0 unspecified atom stereocenters. The molecule has 2 N–H and O–H groups in total. The van der Waals surface area contributed by atoms with E-state index < -0.39 is 17.4 Å². The quantitative estimate of drug-likeness (QED) is 0.533. The van der Waals surface area contributed by atoms with Gasteiger partial charge in [0.15, 0.2) is 0 Å². The molecule has 6 nitrogen and oxygen atoms in total. The molecule has 0 saturated heterocycles. The molecule has 0 radical (unpaired) electrons. The van der Waals surface area contributed by atoms with E-state index in [4.69, 9.17) is 11.5 Å². The van der Waals surface area contributed by atoms with Crippen LogP contribution in [0.25, 0.3) is 11.5 Å². The van der Waals surface area contributed by atoms with Crippen molar-refractivity contribution in [2.45, 2.75) is 69.9 Å². The smallest absolute Gasteiger partial charge is 0.674 e. The van der Waals surface area contributed by atoms with Crippen LogP contribution in [0.2, 0.25) is 0 Å². The van der Waals surface area contributed by atoms with E-state index in [0.29, 0.717) is 6.42 Å². The Kier molecular flexibility index (Phi) is 6.60. The molecule has 3 rings (SSSR count). The van der Waals surface area contributed by atoms with Crippen molar-refractivity contribution in [1.29, 1.82) is 0 Å². The number of aliphatic carboxylic acids is 2. The second-order valence-corrected chi connectivity index (χ2v) is 6.63. The summed E-state index contributed by atoms with van der Waals surface area (Å²) in [6, 6.07) is 0.181. The molecule has 3 aliphatic carbocycles. The minimum atomic E-state index is -1.67. The Bertz CT molecular complexity index is 392. The molecule has 1 spiro atoms. The first-order valence-corrected chi connectivity index (χ1v) is 7.70. The number of carbonyl (C=O) groups excluding carboxylic acids is 2. The van der Waals surface area contributed by atoms with E-state index in [2.05, 4.69) is 0 Å². The maximum atomic E-state index is 10.2. The van der Waals surface area contributed by atoms with Gasteiger partial charge in [0.2, 0.25) is 0 Å². The zero-order valence-electron chi connectivity index (χ0n) is 12.5. The van der Waals surface area contributed by atoms with Gasteiger partial charge < -0.3 is 31.3 Å². The SMILES string of the molecule is O=C([O-])C1(C(=O)[O-])CCC1.[NH-][C@@H]1CCCC12CCC[C@H]2[NH-].[Pt+4]. The maximum absolute atomic E-state index is 10.2. The maximum Gasteiger partial charge on any atom is 4.00 e. The fourth-order valence-corrected chi connectivity index (χ4v) is 3.93. The van der Waals surface area contributed by atoms with Crippen molar-refractivity contribution < 1.29 is 40.9 Å². The molecule has 22 heavy (non-hydrogen) atoms. The third-order valence-corrected chi connectivity index (χ3v) is 5.65. The number of carbonyl (C=O) groups is 2. The number of nitrogens with one attached hydrogen (secondary N) is 2.